The van der Waals surface area contributed by atoms with Crippen molar-refractivity contribution >= 4 is 17.9 Å². The molecule has 0 heterocycles. The van der Waals surface area contributed by atoms with Crippen molar-refractivity contribution in [3.63, 3.8) is 0 Å². The Morgan fingerprint density at radius 3 is 1.76 bits per heavy atom. The van der Waals surface area contributed by atoms with Crippen LogP contribution in [-0.4, -0.2) is 38.2 Å². The summed E-state index contributed by atoms with van der Waals surface area (Å²) in [6.45, 7) is 8.70. The summed E-state index contributed by atoms with van der Waals surface area (Å²) in [5.41, 5.74) is 0. The summed E-state index contributed by atoms with van der Waals surface area (Å²) < 4.78 is 15.2. The summed E-state index contributed by atoms with van der Waals surface area (Å²) >= 11 is 0. The maximum atomic E-state index is 12.4. The number of hydrogen-bond donors (Lipinski definition) is 0. The van der Waals surface area contributed by atoms with Gasteiger partial charge in [0.2, 0.25) is 0 Å². The van der Waals surface area contributed by atoms with Crippen molar-refractivity contribution < 1.29 is 28.6 Å². The minimum Gasteiger partial charge on any atom is -0.469 e. The summed E-state index contributed by atoms with van der Waals surface area (Å²) in [4.78, 5) is 35.5. The van der Waals surface area contributed by atoms with Crippen molar-refractivity contribution in [2.24, 2.45) is 17.8 Å². The lowest BCUT2D eigenvalue weighted by molar-refractivity contribution is -0.156. The minimum atomic E-state index is -0.423. The van der Waals surface area contributed by atoms with Crippen LogP contribution in [0.1, 0.15) is 91.9 Å². The quantitative estimate of drug-likeness (QED) is 0.188. The molecule has 0 bridgehead atoms. The van der Waals surface area contributed by atoms with Crippen LogP contribution in [0.25, 0.3) is 0 Å². The summed E-state index contributed by atoms with van der Waals surface area (Å²) in [5, 5.41) is 0. The molecule has 6 nitrogen and oxygen atoms in total. The van der Waals surface area contributed by atoms with Gasteiger partial charge in [0.05, 0.1) is 32.7 Å². The number of unbranched alkanes of at least 4 members (excludes halogenated alkanes) is 6. The van der Waals surface area contributed by atoms with Crippen LogP contribution in [0, 0.1) is 17.8 Å². The molecular formula is C23H42O6. The van der Waals surface area contributed by atoms with E-state index in [-0.39, 0.29) is 36.2 Å². The van der Waals surface area contributed by atoms with Gasteiger partial charge in [-0.3, -0.25) is 14.4 Å². The first-order chi connectivity index (χ1) is 13.8. The zero-order chi connectivity index (χ0) is 22.1. The second-order valence-corrected chi connectivity index (χ2v) is 8.59. The van der Waals surface area contributed by atoms with Crippen molar-refractivity contribution in [1.29, 1.82) is 0 Å². The first-order valence-electron chi connectivity index (χ1n) is 11.1. The van der Waals surface area contributed by atoms with Crippen LogP contribution in [0.15, 0.2) is 0 Å². The van der Waals surface area contributed by atoms with Crippen LogP contribution >= 0.6 is 0 Å². The van der Waals surface area contributed by atoms with Gasteiger partial charge in [0.15, 0.2) is 0 Å². The lowest BCUT2D eigenvalue weighted by Crippen LogP contribution is -2.24. The molecule has 0 aromatic carbocycles. The van der Waals surface area contributed by atoms with Crippen LogP contribution in [0.3, 0.4) is 0 Å². The Labute approximate surface area is 177 Å². The average Bonchev–Trinajstić information content (AvgIpc) is 2.67. The Bertz CT molecular complexity index is 458. The first-order valence-corrected chi connectivity index (χ1v) is 11.1. The topological polar surface area (TPSA) is 78.9 Å². The Kier molecular flexibility index (Phi) is 16.3. The van der Waals surface area contributed by atoms with E-state index in [0.29, 0.717) is 26.1 Å². The predicted molar refractivity (Wildman–Crippen MR) is 113 cm³/mol. The van der Waals surface area contributed by atoms with Crippen LogP contribution < -0.4 is 0 Å². The van der Waals surface area contributed by atoms with E-state index in [9.17, 15) is 14.4 Å². The molecule has 0 radical (unpaired) electrons. The number of carbonyl (C=O) groups excluding carboxylic acids is 3. The molecule has 0 spiro atoms. The summed E-state index contributed by atoms with van der Waals surface area (Å²) in [7, 11) is 1.41. The van der Waals surface area contributed by atoms with E-state index in [1.165, 1.54) is 7.11 Å². The van der Waals surface area contributed by atoms with Gasteiger partial charge in [-0.15, -0.1) is 0 Å². The standard InChI is InChI=1S/C23H42O6/c1-18(2)16-28-22(25)15-20(23(26)29-17-19(3)4)13-11-9-7-6-8-10-12-14-21(24)27-5/h18-20H,6-17H2,1-5H3. The number of carbonyl (C=O) groups is 3. The van der Waals surface area contributed by atoms with Crippen molar-refractivity contribution in [3.05, 3.63) is 0 Å². The van der Waals surface area contributed by atoms with E-state index in [1.54, 1.807) is 0 Å². The fourth-order valence-electron chi connectivity index (χ4n) is 2.84. The van der Waals surface area contributed by atoms with E-state index in [2.05, 4.69) is 4.74 Å². The maximum absolute atomic E-state index is 12.4. The highest BCUT2D eigenvalue weighted by atomic mass is 16.5. The molecule has 0 fully saturated rings. The molecule has 6 heteroatoms. The molecule has 1 unspecified atom stereocenters. The van der Waals surface area contributed by atoms with Gasteiger partial charge in [0.1, 0.15) is 0 Å². The second-order valence-electron chi connectivity index (χ2n) is 8.59. The van der Waals surface area contributed by atoms with Crippen LogP contribution in [0.4, 0.5) is 0 Å². The first kappa shape index (κ1) is 27.4. The molecule has 29 heavy (non-hydrogen) atoms. The van der Waals surface area contributed by atoms with Gasteiger partial charge < -0.3 is 14.2 Å². The van der Waals surface area contributed by atoms with Crippen molar-refractivity contribution in [2.45, 2.75) is 91.9 Å². The SMILES string of the molecule is COC(=O)CCCCCCCCCC(CC(=O)OCC(C)C)C(=O)OCC(C)C. The molecule has 0 aliphatic rings. The van der Waals surface area contributed by atoms with Crippen molar-refractivity contribution in [3.8, 4) is 0 Å². The zero-order valence-corrected chi connectivity index (χ0v) is 19.2. The fourth-order valence-corrected chi connectivity index (χ4v) is 2.84. The van der Waals surface area contributed by atoms with Crippen molar-refractivity contribution in [1.82, 2.24) is 0 Å². The average molecular weight is 415 g/mol. The predicted octanol–water partition coefficient (Wildman–Crippen LogP) is 5.08. The van der Waals surface area contributed by atoms with E-state index < -0.39 is 5.92 Å². The number of methoxy groups -OCH3 is 1. The van der Waals surface area contributed by atoms with E-state index in [1.807, 2.05) is 27.7 Å². The van der Waals surface area contributed by atoms with E-state index in [4.69, 9.17) is 9.47 Å². The number of esters is 3. The lowest BCUT2D eigenvalue weighted by Gasteiger charge is -2.17. The Morgan fingerprint density at radius 1 is 0.690 bits per heavy atom. The fraction of sp³-hybridized carbons (Fsp3) is 0.870. The van der Waals surface area contributed by atoms with Gasteiger partial charge in [0, 0.05) is 6.42 Å². The highest BCUT2D eigenvalue weighted by molar-refractivity contribution is 5.79. The minimum absolute atomic E-state index is 0.0944. The van der Waals surface area contributed by atoms with Gasteiger partial charge in [-0.1, -0.05) is 66.2 Å². The van der Waals surface area contributed by atoms with E-state index >= 15 is 0 Å². The number of ether oxygens (including phenoxy) is 3. The molecule has 0 saturated heterocycles. The lowest BCUT2D eigenvalue weighted by atomic mass is 9.97. The molecule has 0 amide bonds. The van der Waals surface area contributed by atoms with Gasteiger partial charge >= 0.3 is 17.9 Å². The normalized spacial score (nSPS) is 12.1. The Hall–Kier alpha value is -1.59. The third-order valence-corrected chi connectivity index (χ3v) is 4.54. The number of rotatable bonds is 17. The molecule has 0 saturated carbocycles. The van der Waals surface area contributed by atoms with Crippen molar-refractivity contribution in [2.75, 3.05) is 20.3 Å². The molecule has 0 aromatic heterocycles. The monoisotopic (exact) mass is 414 g/mol. The summed E-state index contributed by atoms with van der Waals surface area (Å²) in [6, 6.07) is 0. The Balaban J connectivity index is 4.14. The maximum Gasteiger partial charge on any atom is 0.309 e. The van der Waals surface area contributed by atoms with Crippen LogP contribution in [0.2, 0.25) is 0 Å². The molecule has 0 rings (SSSR count). The molecule has 0 aliphatic carbocycles. The molecule has 170 valence electrons. The highest BCUT2D eigenvalue weighted by Crippen LogP contribution is 2.19. The molecular weight excluding hydrogens is 372 g/mol. The smallest absolute Gasteiger partial charge is 0.309 e. The van der Waals surface area contributed by atoms with Gasteiger partial charge in [-0.25, -0.2) is 0 Å². The van der Waals surface area contributed by atoms with Crippen LogP contribution in [0.5, 0.6) is 0 Å². The van der Waals surface area contributed by atoms with Gasteiger partial charge in [-0.05, 0) is 24.7 Å². The molecule has 0 aliphatic heterocycles. The molecule has 1 atom stereocenters. The largest absolute Gasteiger partial charge is 0.469 e. The van der Waals surface area contributed by atoms with Gasteiger partial charge in [0.25, 0.3) is 0 Å². The molecule has 0 aromatic rings. The summed E-state index contributed by atoms with van der Waals surface area (Å²) in [6.07, 6.45) is 8.34. The molecule has 0 N–H and O–H groups in total. The Morgan fingerprint density at radius 2 is 1.21 bits per heavy atom. The van der Waals surface area contributed by atoms with E-state index in [0.717, 1.165) is 44.9 Å². The van der Waals surface area contributed by atoms with Crippen LogP contribution in [-0.2, 0) is 28.6 Å². The van der Waals surface area contributed by atoms with Gasteiger partial charge in [-0.2, -0.15) is 0 Å². The highest BCUT2D eigenvalue weighted by Gasteiger charge is 2.24. The third kappa shape index (κ3) is 17.0. The second kappa shape index (κ2) is 17.3. The zero-order valence-electron chi connectivity index (χ0n) is 19.2. The summed E-state index contributed by atoms with van der Waals surface area (Å²) in [5.74, 6) is -0.635. The number of hydrogen-bond acceptors (Lipinski definition) is 6. The third-order valence-electron chi connectivity index (χ3n) is 4.54.